The second-order valence-electron chi connectivity index (χ2n) is 5.94. The van der Waals surface area contributed by atoms with Crippen molar-refractivity contribution in [2.24, 2.45) is 0 Å². The molecule has 1 aromatic carbocycles. The molecule has 0 amide bonds. The minimum atomic E-state index is -0.317. The summed E-state index contributed by atoms with van der Waals surface area (Å²) in [6.07, 6.45) is 6.26. The van der Waals surface area contributed by atoms with Crippen LogP contribution < -0.4 is 4.74 Å². The molecule has 0 heterocycles. The highest BCUT2D eigenvalue weighted by molar-refractivity contribution is 5.30. The summed E-state index contributed by atoms with van der Waals surface area (Å²) in [6, 6.07) is 8.28. The maximum Gasteiger partial charge on any atom is 0.124 e. The SMILES string of the molecule is CC(C)c1cccc(OC2CCCCCCC2O)c1. The molecule has 1 aromatic rings. The second kappa shape index (κ2) is 6.95. The van der Waals surface area contributed by atoms with Gasteiger partial charge in [-0.1, -0.05) is 45.2 Å². The predicted molar refractivity (Wildman–Crippen MR) is 78.7 cm³/mol. The molecule has 0 radical (unpaired) electrons. The number of hydrogen-bond acceptors (Lipinski definition) is 2. The van der Waals surface area contributed by atoms with Crippen molar-refractivity contribution in [2.45, 2.75) is 70.5 Å². The number of hydrogen-bond donors (Lipinski definition) is 1. The Hall–Kier alpha value is -1.02. The summed E-state index contributed by atoms with van der Waals surface area (Å²) in [5, 5.41) is 10.2. The van der Waals surface area contributed by atoms with E-state index in [9.17, 15) is 5.11 Å². The highest BCUT2D eigenvalue weighted by atomic mass is 16.5. The average molecular weight is 262 g/mol. The number of rotatable bonds is 3. The van der Waals surface area contributed by atoms with Gasteiger partial charge in [-0.25, -0.2) is 0 Å². The zero-order valence-electron chi connectivity index (χ0n) is 12.1. The van der Waals surface area contributed by atoms with Crippen LogP contribution in [0.5, 0.6) is 5.75 Å². The van der Waals surface area contributed by atoms with Crippen LogP contribution in [0, 0.1) is 0 Å². The van der Waals surface area contributed by atoms with Crippen molar-refractivity contribution in [2.75, 3.05) is 0 Å². The molecule has 2 atom stereocenters. The van der Waals surface area contributed by atoms with Gasteiger partial charge in [0.15, 0.2) is 0 Å². The monoisotopic (exact) mass is 262 g/mol. The van der Waals surface area contributed by atoms with Crippen LogP contribution in [0.15, 0.2) is 24.3 Å². The molecule has 0 aromatic heterocycles. The minimum Gasteiger partial charge on any atom is -0.488 e. The highest BCUT2D eigenvalue weighted by Gasteiger charge is 2.22. The Bertz CT molecular complexity index is 387. The molecule has 0 bridgehead atoms. The molecule has 2 rings (SSSR count). The van der Waals surface area contributed by atoms with Gasteiger partial charge in [0.1, 0.15) is 11.9 Å². The maximum absolute atomic E-state index is 10.2. The van der Waals surface area contributed by atoms with Crippen molar-refractivity contribution >= 4 is 0 Å². The number of aliphatic hydroxyl groups excluding tert-OH is 1. The highest BCUT2D eigenvalue weighted by Crippen LogP contribution is 2.25. The van der Waals surface area contributed by atoms with Gasteiger partial charge < -0.3 is 9.84 Å². The van der Waals surface area contributed by atoms with E-state index in [1.165, 1.54) is 18.4 Å². The van der Waals surface area contributed by atoms with Gasteiger partial charge in [0, 0.05) is 0 Å². The van der Waals surface area contributed by atoms with Crippen molar-refractivity contribution in [3.8, 4) is 5.75 Å². The fraction of sp³-hybridized carbons (Fsp3) is 0.647. The molecule has 0 spiro atoms. The van der Waals surface area contributed by atoms with Crippen molar-refractivity contribution in [3.05, 3.63) is 29.8 Å². The quantitative estimate of drug-likeness (QED) is 0.881. The molecule has 19 heavy (non-hydrogen) atoms. The van der Waals surface area contributed by atoms with Gasteiger partial charge in [0.05, 0.1) is 6.10 Å². The summed E-state index contributed by atoms with van der Waals surface area (Å²) in [6.45, 7) is 4.37. The lowest BCUT2D eigenvalue weighted by Crippen LogP contribution is -2.32. The second-order valence-corrected chi connectivity index (χ2v) is 5.94. The van der Waals surface area contributed by atoms with Crippen molar-refractivity contribution < 1.29 is 9.84 Å². The Morgan fingerprint density at radius 2 is 1.84 bits per heavy atom. The van der Waals surface area contributed by atoms with E-state index in [-0.39, 0.29) is 12.2 Å². The van der Waals surface area contributed by atoms with Gasteiger partial charge in [-0.3, -0.25) is 0 Å². The number of ether oxygens (including phenoxy) is 1. The first-order valence-corrected chi connectivity index (χ1v) is 7.61. The Kier molecular flexibility index (Phi) is 5.26. The molecule has 106 valence electrons. The molecule has 1 fully saturated rings. The fourth-order valence-corrected chi connectivity index (χ4v) is 2.69. The first-order chi connectivity index (χ1) is 9.16. The normalized spacial score (nSPS) is 24.8. The van der Waals surface area contributed by atoms with Crippen LogP contribution >= 0.6 is 0 Å². The summed E-state index contributed by atoms with van der Waals surface area (Å²) in [7, 11) is 0. The minimum absolute atomic E-state index is 0.0392. The molecular weight excluding hydrogens is 236 g/mol. The van der Waals surface area contributed by atoms with Gasteiger partial charge in [-0.05, 0) is 42.9 Å². The number of aliphatic hydroxyl groups is 1. The van der Waals surface area contributed by atoms with Crippen molar-refractivity contribution in [1.29, 1.82) is 0 Å². The largest absolute Gasteiger partial charge is 0.488 e. The molecule has 0 aliphatic heterocycles. The molecule has 2 nitrogen and oxygen atoms in total. The first-order valence-electron chi connectivity index (χ1n) is 7.61. The zero-order valence-corrected chi connectivity index (χ0v) is 12.1. The third kappa shape index (κ3) is 4.24. The van der Waals surface area contributed by atoms with E-state index >= 15 is 0 Å². The molecule has 2 unspecified atom stereocenters. The third-order valence-electron chi connectivity index (χ3n) is 3.98. The van der Waals surface area contributed by atoms with Gasteiger partial charge in [0.2, 0.25) is 0 Å². The van der Waals surface area contributed by atoms with E-state index in [0.29, 0.717) is 5.92 Å². The maximum atomic E-state index is 10.2. The molecule has 0 saturated heterocycles. The summed E-state index contributed by atoms with van der Waals surface area (Å²) in [5.74, 6) is 1.40. The predicted octanol–water partition coefficient (Wildman–Crippen LogP) is 4.27. The first kappa shape index (κ1) is 14.4. The molecule has 2 heteroatoms. The summed E-state index contributed by atoms with van der Waals surface area (Å²) >= 11 is 0. The van der Waals surface area contributed by atoms with E-state index < -0.39 is 0 Å². The van der Waals surface area contributed by atoms with E-state index in [1.54, 1.807) is 0 Å². The van der Waals surface area contributed by atoms with E-state index in [0.717, 1.165) is 31.4 Å². The molecule has 1 aliphatic rings. The summed E-state index contributed by atoms with van der Waals surface area (Å²) in [4.78, 5) is 0. The van der Waals surface area contributed by atoms with E-state index in [2.05, 4.69) is 26.0 Å². The third-order valence-corrected chi connectivity index (χ3v) is 3.98. The van der Waals surface area contributed by atoms with Crippen molar-refractivity contribution in [3.63, 3.8) is 0 Å². The van der Waals surface area contributed by atoms with Gasteiger partial charge >= 0.3 is 0 Å². The van der Waals surface area contributed by atoms with Crippen LogP contribution in [0.4, 0.5) is 0 Å². The van der Waals surface area contributed by atoms with Gasteiger partial charge in [-0.2, -0.15) is 0 Å². The molecular formula is C17H26O2. The van der Waals surface area contributed by atoms with Gasteiger partial charge in [-0.15, -0.1) is 0 Å². The molecule has 1 aliphatic carbocycles. The van der Waals surface area contributed by atoms with Crippen LogP contribution in [-0.4, -0.2) is 17.3 Å². The Balaban J connectivity index is 2.03. The topological polar surface area (TPSA) is 29.5 Å². The smallest absolute Gasteiger partial charge is 0.124 e. The van der Waals surface area contributed by atoms with Crippen LogP contribution in [0.3, 0.4) is 0 Å². The van der Waals surface area contributed by atoms with E-state index in [1.807, 2.05) is 12.1 Å². The Labute approximate surface area is 116 Å². The lowest BCUT2D eigenvalue weighted by molar-refractivity contribution is 0.0187. The Morgan fingerprint density at radius 3 is 2.58 bits per heavy atom. The number of benzene rings is 1. The lowest BCUT2D eigenvalue weighted by atomic mass is 9.96. The van der Waals surface area contributed by atoms with Crippen molar-refractivity contribution in [1.82, 2.24) is 0 Å². The lowest BCUT2D eigenvalue weighted by Gasteiger charge is -2.26. The van der Waals surface area contributed by atoms with Crippen LogP contribution in [0.25, 0.3) is 0 Å². The standard InChI is InChI=1S/C17H26O2/c1-13(2)14-8-7-9-15(12-14)19-17-11-6-4-3-5-10-16(17)18/h7-9,12-13,16-18H,3-6,10-11H2,1-2H3. The van der Waals surface area contributed by atoms with Crippen LogP contribution in [-0.2, 0) is 0 Å². The van der Waals surface area contributed by atoms with Crippen LogP contribution in [0.2, 0.25) is 0 Å². The molecule has 1 N–H and O–H groups in total. The summed E-state index contributed by atoms with van der Waals surface area (Å²) < 4.78 is 6.04. The van der Waals surface area contributed by atoms with E-state index in [4.69, 9.17) is 4.74 Å². The zero-order chi connectivity index (χ0) is 13.7. The molecule has 1 saturated carbocycles. The van der Waals surface area contributed by atoms with Gasteiger partial charge in [0.25, 0.3) is 0 Å². The fourth-order valence-electron chi connectivity index (χ4n) is 2.69. The van der Waals surface area contributed by atoms with Crippen LogP contribution in [0.1, 0.15) is 63.9 Å². The Morgan fingerprint density at radius 1 is 1.11 bits per heavy atom. The summed E-state index contributed by atoms with van der Waals surface area (Å²) in [5.41, 5.74) is 1.29. The average Bonchev–Trinajstić information content (AvgIpc) is 2.39.